The first kappa shape index (κ1) is 13.9. The Morgan fingerprint density at radius 1 is 1.00 bits per heavy atom. The molecule has 0 aliphatic heterocycles. The molecule has 4 heteroatoms. The minimum atomic E-state index is -0.769. The maximum Gasteiger partial charge on any atom is 0.307 e. The Bertz CT molecular complexity index is 409. The number of amides is 1. The smallest absolute Gasteiger partial charge is 0.307 e. The highest BCUT2D eigenvalue weighted by Crippen LogP contribution is 2.52. The highest BCUT2D eigenvalue weighted by Gasteiger charge is 2.54. The third-order valence-corrected chi connectivity index (χ3v) is 5.94. The molecule has 3 saturated carbocycles. The number of rotatable bonds is 3. The molecule has 3 fully saturated rings. The summed E-state index contributed by atoms with van der Waals surface area (Å²) in [6.45, 7) is 2.19. The highest BCUT2D eigenvalue weighted by molar-refractivity contribution is 5.86. The van der Waals surface area contributed by atoms with Crippen LogP contribution in [-0.4, -0.2) is 23.0 Å². The van der Waals surface area contributed by atoms with E-state index in [1.165, 1.54) is 19.3 Å². The van der Waals surface area contributed by atoms with Gasteiger partial charge in [0.2, 0.25) is 5.91 Å². The van der Waals surface area contributed by atoms with Gasteiger partial charge in [0.15, 0.2) is 0 Å². The molecule has 0 saturated heterocycles. The number of carboxylic acids is 1. The van der Waals surface area contributed by atoms with Crippen LogP contribution in [0.2, 0.25) is 0 Å². The lowest BCUT2D eigenvalue weighted by molar-refractivity contribution is -0.149. The maximum atomic E-state index is 12.6. The molecule has 0 aromatic carbocycles. The van der Waals surface area contributed by atoms with Gasteiger partial charge >= 0.3 is 5.97 Å². The molecule has 2 N–H and O–H groups in total. The average Bonchev–Trinajstić information content (AvgIpc) is 3.01. The Balaban J connectivity index is 1.68. The molecule has 0 radical (unpaired) electrons. The summed E-state index contributed by atoms with van der Waals surface area (Å²) in [7, 11) is 0. The summed E-state index contributed by atoms with van der Waals surface area (Å²) in [5.74, 6) is -0.406. The molecule has 0 aromatic rings. The number of nitrogens with one attached hydrogen (secondary N) is 1. The second-order valence-electron chi connectivity index (χ2n) is 7.10. The Morgan fingerprint density at radius 3 is 2.30 bits per heavy atom. The van der Waals surface area contributed by atoms with Gasteiger partial charge in [-0.2, -0.15) is 0 Å². The molecule has 3 aliphatic rings. The molecule has 0 unspecified atom stereocenters. The summed E-state index contributed by atoms with van der Waals surface area (Å²) < 4.78 is 0. The minimum Gasteiger partial charge on any atom is -0.481 e. The zero-order valence-electron chi connectivity index (χ0n) is 12.2. The van der Waals surface area contributed by atoms with Crippen LogP contribution in [0.15, 0.2) is 0 Å². The molecule has 20 heavy (non-hydrogen) atoms. The molecule has 0 spiro atoms. The number of carboxylic acid groups (broad SMARTS) is 1. The Labute approximate surface area is 120 Å². The van der Waals surface area contributed by atoms with E-state index >= 15 is 0 Å². The molecule has 6 atom stereocenters. The quantitative estimate of drug-likeness (QED) is 0.834. The van der Waals surface area contributed by atoms with Crippen LogP contribution in [0.25, 0.3) is 0 Å². The first-order valence-electron chi connectivity index (χ1n) is 8.11. The molecular weight excluding hydrogens is 254 g/mol. The van der Waals surface area contributed by atoms with Gasteiger partial charge in [-0.15, -0.1) is 0 Å². The summed E-state index contributed by atoms with van der Waals surface area (Å²) in [6.07, 6.45) is 7.61. The number of aliphatic carboxylic acids is 1. The number of fused-ring (bicyclic) bond motifs is 2. The zero-order chi connectivity index (χ0) is 14.3. The second-order valence-corrected chi connectivity index (χ2v) is 7.10. The van der Waals surface area contributed by atoms with Crippen LogP contribution in [0.5, 0.6) is 0 Å². The predicted molar refractivity (Wildman–Crippen MR) is 75.0 cm³/mol. The molecule has 0 heterocycles. The highest BCUT2D eigenvalue weighted by atomic mass is 16.4. The van der Waals surface area contributed by atoms with Crippen molar-refractivity contribution in [2.45, 2.75) is 57.9 Å². The van der Waals surface area contributed by atoms with Gasteiger partial charge in [-0.1, -0.05) is 19.8 Å². The van der Waals surface area contributed by atoms with E-state index in [4.69, 9.17) is 0 Å². The van der Waals surface area contributed by atoms with Crippen molar-refractivity contribution in [3.8, 4) is 0 Å². The Morgan fingerprint density at radius 2 is 1.65 bits per heavy atom. The van der Waals surface area contributed by atoms with Gasteiger partial charge in [0, 0.05) is 6.04 Å². The number of carbonyl (C=O) groups excluding carboxylic acids is 1. The lowest BCUT2D eigenvalue weighted by atomic mass is 9.78. The normalized spacial score (nSPS) is 43.5. The van der Waals surface area contributed by atoms with Crippen LogP contribution in [0.3, 0.4) is 0 Å². The van der Waals surface area contributed by atoms with Crippen molar-refractivity contribution in [2.75, 3.05) is 0 Å². The number of hydrogen-bond acceptors (Lipinski definition) is 2. The van der Waals surface area contributed by atoms with Gasteiger partial charge in [0.1, 0.15) is 0 Å². The van der Waals surface area contributed by atoms with Gasteiger partial charge < -0.3 is 10.4 Å². The van der Waals surface area contributed by atoms with Crippen molar-refractivity contribution in [3.05, 3.63) is 0 Å². The standard InChI is InChI=1S/C16H25NO3/c1-9-4-2-3-5-12(9)17-15(18)13-10-6-7-11(8-10)14(13)16(19)20/h9-14H,2-8H2,1H3,(H,17,18)(H,19,20)/t9-,10+,11+,12+,13+,14+/m1/s1. The zero-order valence-corrected chi connectivity index (χ0v) is 12.2. The fourth-order valence-corrected chi connectivity index (χ4v) is 4.83. The van der Waals surface area contributed by atoms with E-state index < -0.39 is 11.9 Å². The number of carbonyl (C=O) groups is 2. The van der Waals surface area contributed by atoms with Gasteiger partial charge in [-0.05, 0) is 49.9 Å². The predicted octanol–water partition coefficient (Wildman–Crippen LogP) is 2.43. The van der Waals surface area contributed by atoms with Crippen molar-refractivity contribution in [2.24, 2.45) is 29.6 Å². The van der Waals surface area contributed by atoms with Crippen LogP contribution < -0.4 is 5.32 Å². The molecule has 3 rings (SSSR count). The van der Waals surface area contributed by atoms with Crippen molar-refractivity contribution in [1.82, 2.24) is 5.32 Å². The fourth-order valence-electron chi connectivity index (χ4n) is 4.83. The van der Waals surface area contributed by atoms with Crippen LogP contribution in [0, 0.1) is 29.6 Å². The van der Waals surface area contributed by atoms with E-state index in [1.807, 2.05) is 0 Å². The van der Waals surface area contributed by atoms with E-state index in [2.05, 4.69) is 12.2 Å². The largest absolute Gasteiger partial charge is 0.481 e. The second kappa shape index (κ2) is 5.38. The monoisotopic (exact) mass is 279 g/mol. The van der Waals surface area contributed by atoms with Crippen LogP contribution >= 0.6 is 0 Å². The SMILES string of the molecule is C[C@@H]1CCCC[C@@H]1NC(=O)[C@H]1[C@H]2CC[C@@H](C2)[C@@H]1C(=O)O. The lowest BCUT2D eigenvalue weighted by Crippen LogP contribution is -2.47. The van der Waals surface area contributed by atoms with E-state index in [1.54, 1.807) is 0 Å². The first-order valence-corrected chi connectivity index (χ1v) is 8.11. The minimum absolute atomic E-state index is 0.0170. The van der Waals surface area contributed by atoms with E-state index in [0.29, 0.717) is 11.8 Å². The maximum absolute atomic E-state index is 12.6. The summed E-state index contributed by atoms with van der Waals surface area (Å²) in [5, 5.41) is 12.6. The first-order chi connectivity index (χ1) is 9.58. The van der Waals surface area contributed by atoms with E-state index in [0.717, 1.165) is 25.7 Å². The van der Waals surface area contributed by atoms with Crippen LogP contribution in [-0.2, 0) is 9.59 Å². The summed E-state index contributed by atoms with van der Waals surface area (Å²) in [5.41, 5.74) is 0. The third kappa shape index (κ3) is 2.33. The van der Waals surface area contributed by atoms with Crippen LogP contribution in [0.4, 0.5) is 0 Å². The van der Waals surface area contributed by atoms with Gasteiger partial charge in [0.25, 0.3) is 0 Å². The van der Waals surface area contributed by atoms with Crippen molar-refractivity contribution in [3.63, 3.8) is 0 Å². The van der Waals surface area contributed by atoms with E-state index in [-0.39, 0.29) is 23.8 Å². The van der Waals surface area contributed by atoms with E-state index in [9.17, 15) is 14.7 Å². The molecule has 0 aromatic heterocycles. The fraction of sp³-hybridized carbons (Fsp3) is 0.875. The summed E-state index contributed by atoms with van der Waals surface area (Å²) in [4.78, 5) is 24.1. The van der Waals surface area contributed by atoms with Gasteiger partial charge in [-0.3, -0.25) is 9.59 Å². The van der Waals surface area contributed by atoms with Crippen molar-refractivity contribution in [1.29, 1.82) is 0 Å². The Kier molecular flexibility index (Phi) is 3.74. The average molecular weight is 279 g/mol. The number of hydrogen-bond donors (Lipinski definition) is 2. The van der Waals surface area contributed by atoms with Gasteiger partial charge in [-0.25, -0.2) is 0 Å². The lowest BCUT2D eigenvalue weighted by Gasteiger charge is -2.33. The molecule has 3 aliphatic carbocycles. The molecule has 4 nitrogen and oxygen atoms in total. The molecular formula is C16H25NO3. The van der Waals surface area contributed by atoms with Crippen LogP contribution in [0.1, 0.15) is 51.9 Å². The molecule has 112 valence electrons. The topological polar surface area (TPSA) is 66.4 Å². The molecule has 1 amide bonds. The Hall–Kier alpha value is -1.06. The summed E-state index contributed by atoms with van der Waals surface area (Å²) in [6, 6.07) is 0.254. The van der Waals surface area contributed by atoms with Crippen molar-refractivity contribution < 1.29 is 14.7 Å². The summed E-state index contributed by atoms with van der Waals surface area (Å²) >= 11 is 0. The third-order valence-electron chi connectivity index (χ3n) is 5.94. The molecule has 2 bridgehead atoms. The van der Waals surface area contributed by atoms with Crippen molar-refractivity contribution >= 4 is 11.9 Å². The van der Waals surface area contributed by atoms with Gasteiger partial charge in [0.05, 0.1) is 11.8 Å².